The highest BCUT2D eigenvalue weighted by molar-refractivity contribution is 5.83. The van der Waals surface area contributed by atoms with E-state index in [0.717, 1.165) is 29.5 Å². The van der Waals surface area contributed by atoms with Gasteiger partial charge in [0.1, 0.15) is 12.4 Å². The Morgan fingerprint density at radius 2 is 1.86 bits per heavy atom. The highest BCUT2D eigenvalue weighted by atomic mass is 19.4. The van der Waals surface area contributed by atoms with E-state index in [-0.39, 0.29) is 11.6 Å². The van der Waals surface area contributed by atoms with Crippen molar-refractivity contribution in [3.63, 3.8) is 0 Å². The van der Waals surface area contributed by atoms with Crippen LogP contribution in [0.25, 0.3) is 11.2 Å². The molecule has 0 bridgehead atoms. The van der Waals surface area contributed by atoms with E-state index in [0.29, 0.717) is 62.6 Å². The highest BCUT2D eigenvalue weighted by Gasteiger charge is 2.31. The second-order valence-corrected chi connectivity index (χ2v) is 8.82. The van der Waals surface area contributed by atoms with Gasteiger partial charge in [-0.05, 0) is 19.4 Å². The topological polar surface area (TPSA) is 94.3 Å². The second kappa shape index (κ2) is 9.90. The Kier molecular flexibility index (Phi) is 6.69. The average Bonchev–Trinajstić information content (AvgIpc) is 3.26. The van der Waals surface area contributed by atoms with Crippen molar-refractivity contribution in [3.05, 3.63) is 30.1 Å². The molecule has 0 saturated carbocycles. The number of halogens is 3. The molecule has 1 unspecified atom stereocenters. The number of hydrogen-bond donors (Lipinski definition) is 0. The third-order valence-corrected chi connectivity index (χ3v) is 6.26. The van der Waals surface area contributed by atoms with E-state index in [2.05, 4.69) is 24.8 Å². The van der Waals surface area contributed by atoms with Crippen molar-refractivity contribution < 1.29 is 22.6 Å². The Morgan fingerprint density at radius 3 is 2.57 bits per heavy atom. The molecule has 0 N–H and O–H groups in total. The zero-order valence-corrected chi connectivity index (χ0v) is 19.4. The van der Waals surface area contributed by atoms with Gasteiger partial charge in [0.25, 0.3) is 0 Å². The molecule has 2 aliphatic rings. The first-order valence-corrected chi connectivity index (χ1v) is 11.6. The van der Waals surface area contributed by atoms with Gasteiger partial charge in [-0.1, -0.05) is 0 Å². The van der Waals surface area contributed by atoms with Gasteiger partial charge in [-0.15, -0.1) is 0 Å². The van der Waals surface area contributed by atoms with Crippen LogP contribution in [0.1, 0.15) is 30.1 Å². The molecule has 3 aromatic heterocycles. The van der Waals surface area contributed by atoms with Gasteiger partial charge in [-0.2, -0.15) is 13.2 Å². The molecule has 1 atom stereocenters. The number of fused-ring (bicyclic) bond motifs is 1. The quantitative estimate of drug-likeness (QED) is 0.514. The van der Waals surface area contributed by atoms with Crippen molar-refractivity contribution in [2.75, 3.05) is 51.4 Å². The lowest BCUT2D eigenvalue weighted by molar-refractivity contribution is -0.140. The molecule has 0 aromatic carbocycles. The van der Waals surface area contributed by atoms with E-state index in [4.69, 9.17) is 14.5 Å². The Morgan fingerprint density at radius 1 is 1.09 bits per heavy atom. The van der Waals surface area contributed by atoms with Crippen LogP contribution < -0.4 is 9.64 Å². The molecule has 0 amide bonds. The predicted molar refractivity (Wildman–Crippen MR) is 120 cm³/mol. The summed E-state index contributed by atoms with van der Waals surface area (Å²) in [5, 5.41) is 0. The van der Waals surface area contributed by atoms with Crippen LogP contribution >= 0.6 is 0 Å². The summed E-state index contributed by atoms with van der Waals surface area (Å²) < 4.78 is 51.2. The molecular formula is C22H27F3N8O2. The number of aromatic nitrogens is 6. The highest BCUT2D eigenvalue weighted by Crippen LogP contribution is 2.31. The fourth-order valence-electron chi connectivity index (χ4n) is 4.63. The van der Waals surface area contributed by atoms with Crippen LogP contribution in [0, 0.1) is 0 Å². The summed E-state index contributed by atoms with van der Waals surface area (Å²) in [6.07, 6.45) is 2.10. The maximum Gasteiger partial charge on any atom is 0.406 e. The van der Waals surface area contributed by atoms with Gasteiger partial charge in [0.05, 0.1) is 26.7 Å². The Balaban J connectivity index is 1.44. The van der Waals surface area contributed by atoms with E-state index >= 15 is 0 Å². The maximum absolute atomic E-state index is 13.2. The smallest absolute Gasteiger partial charge is 0.406 e. The van der Waals surface area contributed by atoms with Crippen LogP contribution in [0.3, 0.4) is 0 Å². The molecule has 5 rings (SSSR count). The number of methoxy groups -OCH3 is 1. The molecule has 0 spiro atoms. The lowest BCUT2D eigenvalue weighted by Gasteiger charge is -2.33. The van der Waals surface area contributed by atoms with Crippen molar-refractivity contribution in [2.45, 2.75) is 38.0 Å². The minimum atomic E-state index is -4.38. The first kappa shape index (κ1) is 23.7. The number of likely N-dealkylation sites (tertiary alicyclic amines) is 1. The Bertz CT molecular complexity index is 1150. The molecule has 188 valence electrons. The SMILES string of the molecule is COc1ncc(CN2CCCC(c3nc(N4CCOCC4)c4ncn(CC(F)(F)F)c4n3)C2)cn1. The molecule has 10 nitrogen and oxygen atoms in total. The van der Waals surface area contributed by atoms with Crippen LogP contribution in [-0.2, 0) is 17.8 Å². The van der Waals surface area contributed by atoms with Gasteiger partial charge >= 0.3 is 12.2 Å². The fraction of sp³-hybridized carbons (Fsp3) is 0.591. The summed E-state index contributed by atoms with van der Waals surface area (Å²) in [6.45, 7) is 3.37. The van der Waals surface area contributed by atoms with Gasteiger partial charge in [0.15, 0.2) is 17.0 Å². The minimum Gasteiger partial charge on any atom is -0.467 e. The first-order chi connectivity index (χ1) is 16.9. The monoisotopic (exact) mass is 492 g/mol. The average molecular weight is 493 g/mol. The fourth-order valence-corrected chi connectivity index (χ4v) is 4.63. The summed E-state index contributed by atoms with van der Waals surface area (Å²) >= 11 is 0. The zero-order chi connectivity index (χ0) is 24.4. The van der Waals surface area contributed by atoms with E-state index in [1.54, 1.807) is 12.4 Å². The molecule has 0 aliphatic carbocycles. The van der Waals surface area contributed by atoms with Crippen LogP contribution in [0.5, 0.6) is 6.01 Å². The maximum atomic E-state index is 13.2. The van der Waals surface area contributed by atoms with Crippen LogP contribution in [0.2, 0.25) is 0 Å². The van der Waals surface area contributed by atoms with E-state index in [9.17, 15) is 13.2 Å². The normalized spacial score (nSPS) is 19.9. The molecular weight excluding hydrogens is 465 g/mol. The van der Waals surface area contributed by atoms with Gasteiger partial charge in [0.2, 0.25) is 0 Å². The lowest BCUT2D eigenvalue weighted by atomic mass is 9.96. The molecule has 2 aliphatic heterocycles. The van der Waals surface area contributed by atoms with E-state index in [1.165, 1.54) is 13.4 Å². The number of imidazole rings is 1. The summed E-state index contributed by atoms with van der Waals surface area (Å²) in [6, 6.07) is 0.318. The Labute approximate surface area is 200 Å². The van der Waals surface area contributed by atoms with Crippen molar-refractivity contribution >= 4 is 17.0 Å². The summed E-state index contributed by atoms with van der Waals surface area (Å²) in [7, 11) is 1.52. The zero-order valence-electron chi connectivity index (χ0n) is 19.4. The number of piperidine rings is 1. The molecule has 13 heteroatoms. The third-order valence-electron chi connectivity index (χ3n) is 6.26. The number of rotatable bonds is 6. The van der Waals surface area contributed by atoms with Gasteiger partial charge in [-0.3, -0.25) is 4.90 Å². The number of nitrogens with zero attached hydrogens (tertiary/aromatic N) is 8. The van der Waals surface area contributed by atoms with Gasteiger partial charge in [0, 0.05) is 50.1 Å². The summed E-state index contributed by atoms with van der Waals surface area (Å²) in [5.74, 6) is 1.12. The van der Waals surface area contributed by atoms with Crippen molar-refractivity contribution in [3.8, 4) is 6.01 Å². The molecule has 3 aromatic rings. The van der Waals surface area contributed by atoms with Crippen LogP contribution in [-0.4, -0.2) is 87.1 Å². The van der Waals surface area contributed by atoms with Crippen LogP contribution in [0.4, 0.5) is 19.0 Å². The van der Waals surface area contributed by atoms with Crippen molar-refractivity contribution in [1.29, 1.82) is 0 Å². The number of anilines is 1. The minimum absolute atomic E-state index is 0.0126. The molecule has 0 radical (unpaired) electrons. The number of hydrogen-bond acceptors (Lipinski definition) is 9. The van der Waals surface area contributed by atoms with Crippen LogP contribution in [0.15, 0.2) is 18.7 Å². The number of ether oxygens (including phenoxy) is 2. The number of morpholine rings is 1. The largest absolute Gasteiger partial charge is 0.467 e. The molecule has 2 fully saturated rings. The number of alkyl halides is 3. The predicted octanol–water partition coefficient (Wildman–Crippen LogP) is 2.40. The standard InChI is InChI=1S/C22H27F3N8O2/c1-34-21-26-9-15(10-27-21)11-31-4-2-3-16(12-31)18-29-19(32-5-7-35-8-6-32)17-20(30-18)33(14-28-17)13-22(23,24)25/h9-10,14,16H,2-8,11-13H2,1H3. The molecule has 2 saturated heterocycles. The lowest BCUT2D eigenvalue weighted by Crippen LogP contribution is -2.38. The van der Waals surface area contributed by atoms with Gasteiger partial charge in [-0.25, -0.2) is 24.9 Å². The Hall–Kier alpha value is -3.06. The summed E-state index contributed by atoms with van der Waals surface area (Å²) in [5.41, 5.74) is 1.57. The van der Waals surface area contributed by atoms with E-state index in [1.807, 2.05) is 4.90 Å². The third kappa shape index (κ3) is 5.45. The molecule has 5 heterocycles. The van der Waals surface area contributed by atoms with E-state index < -0.39 is 12.7 Å². The molecule has 35 heavy (non-hydrogen) atoms. The second-order valence-electron chi connectivity index (χ2n) is 8.82. The summed E-state index contributed by atoms with van der Waals surface area (Å²) in [4.78, 5) is 26.4. The van der Waals surface area contributed by atoms with Crippen molar-refractivity contribution in [1.82, 2.24) is 34.4 Å². The first-order valence-electron chi connectivity index (χ1n) is 11.6. The van der Waals surface area contributed by atoms with Crippen molar-refractivity contribution in [2.24, 2.45) is 0 Å². The van der Waals surface area contributed by atoms with Gasteiger partial charge < -0.3 is 18.9 Å².